The van der Waals surface area contributed by atoms with Crippen LogP contribution in [0, 0.1) is 5.92 Å². The van der Waals surface area contributed by atoms with E-state index >= 15 is 0 Å². The number of para-hydroxylation sites is 1. The molecule has 3 N–H and O–H groups in total. The van der Waals surface area contributed by atoms with Crippen molar-refractivity contribution in [2.45, 2.75) is 43.4 Å². The fraction of sp³-hybridized carbons (Fsp3) is 0.333. The van der Waals surface area contributed by atoms with Crippen LogP contribution < -0.4 is 16.6 Å². The molecule has 0 spiro atoms. The van der Waals surface area contributed by atoms with Gasteiger partial charge in [-0.3, -0.25) is 24.5 Å². The number of hydrogen-bond donors (Lipinski definition) is 2. The lowest BCUT2D eigenvalue weighted by molar-refractivity contribution is 0.00126. The summed E-state index contributed by atoms with van der Waals surface area (Å²) in [5, 5.41) is 2.34. The van der Waals surface area contributed by atoms with Gasteiger partial charge in [0.1, 0.15) is 11.3 Å². The molecule has 4 aromatic rings. The molecule has 10 heteroatoms. The van der Waals surface area contributed by atoms with Crippen molar-refractivity contribution in [3.8, 4) is 5.69 Å². The Bertz CT molecular complexity index is 1790. The van der Waals surface area contributed by atoms with Crippen LogP contribution in [0.4, 0.5) is 0 Å². The van der Waals surface area contributed by atoms with Gasteiger partial charge in [-0.05, 0) is 67.1 Å². The smallest absolute Gasteiger partial charge is 0.355 e. The first-order chi connectivity index (χ1) is 20.8. The fourth-order valence-corrected chi connectivity index (χ4v) is 7.65. The summed E-state index contributed by atoms with van der Waals surface area (Å²) < 4.78 is 6.84. The Labute approximate surface area is 249 Å². The first-order valence-electron chi connectivity index (χ1n) is 14.6. The highest BCUT2D eigenvalue weighted by Crippen LogP contribution is 2.50. The van der Waals surface area contributed by atoms with E-state index in [4.69, 9.17) is 10.5 Å². The third-order valence-corrected chi connectivity index (χ3v) is 9.31. The number of methoxy groups -OCH3 is 1. The molecule has 3 aliphatic heterocycles. The zero-order chi connectivity index (χ0) is 29.9. The van der Waals surface area contributed by atoms with Gasteiger partial charge in [-0.1, -0.05) is 30.3 Å². The van der Waals surface area contributed by atoms with E-state index in [2.05, 4.69) is 15.3 Å². The second-order valence-corrected chi connectivity index (χ2v) is 12.1. The molecule has 43 heavy (non-hydrogen) atoms. The maximum atomic E-state index is 13.8. The van der Waals surface area contributed by atoms with Gasteiger partial charge in [-0.2, -0.15) is 0 Å². The van der Waals surface area contributed by atoms with E-state index in [1.165, 1.54) is 7.11 Å². The van der Waals surface area contributed by atoms with Gasteiger partial charge in [0.25, 0.3) is 5.91 Å². The number of aromatic nitrogens is 2. The van der Waals surface area contributed by atoms with E-state index in [-0.39, 0.29) is 35.2 Å². The maximum Gasteiger partial charge on any atom is 0.355 e. The highest BCUT2D eigenvalue weighted by Gasteiger charge is 2.59. The number of rotatable bonds is 7. The van der Waals surface area contributed by atoms with Gasteiger partial charge in [-0.15, -0.1) is 0 Å². The van der Waals surface area contributed by atoms with E-state index in [0.29, 0.717) is 39.8 Å². The van der Waals surface area contributed by atoms with Gasteiger partial charge >= 0.3 is 5.97 Å². The van der Waals surface area contributed by atoms with Crippen molar-refractivity contribution in [1.29, 1.82) is 0 Å². The van der Waals surface area contributed by atoms with Crippen LogP contribution in [-0.4, -0.2) is 69.8 Å². The quantitative estimate of drug-likeness (QED) is 0.254. The maximum absolute atomic E-state index is 13.8. The summed E-state index contributed by atoms with van der Waals surface area (Å²) in [7, 11) is 3.22. The number of ether oxygens (including phenoxy) is 1. The number of fused-ring (bicyclic) bond motifs is 1. The summed E-state index contributed by atoms with van der Waals surface area (Å²) in [6.07, 6.45) is 5.07. The number of benzene rings is 2. The molecule has 2 aromatic heterocycles. The topological polar surface area (TPSA) is 123 Å². The largest absolute Gasteiger partial charge is 0.464 e. The summed E-state index contributed by atoms with van der Waals surface area (Å²) >= 11 is 0. The molecule has 4 bridgehead atoms. The molecule has 1 aliphatic carbocycles. The number of hydrogen-bond acceptors (Lipinski definition) is 8. The predicted molar refractivity (Wildman–Crippen MR) is 162 cm³/mol. The van der Waals surface area contributed by atoms with Crippen LogP contribution in [-0.2, 0) is 11.2 Å². The minimum Gasteiger partial charge on any atom is -0.464 e. The van der Waals surface area contributed by atoms with Crippen molar-refractivity contribution in [3.63, 3.8) is 0 Å². The lowest BCUT2D eigenvalue weighted by Crippen LogP contribution is -2.60. The molecule has 8 rings (SSSR count). The Hall–Kier alpha value is -4.38. The van der Waals surface area contributed by atoms with Crippen LogP contribution in [0.3, 0.4) is 0 Å². The number of carbonyl (C=O) groups excluding carboxylic acids is 2. The van der Waals surface area contributed by atoms with Crippen molar-refractivity contribution in [2.24, 2.45) is 11.7 Å². The van der Waals surface area contributed by atoms with Gasteiger partial charge in [0.05, 0.1) is 18.7 Å². The molecule has 5 atom stereocenters. The molecular weight excluding hydrogens is 544 g/mol. The van der Waals surface area contributed by atoms with Crippen molar-refractivity contribution in [2.75, 3.05) is 20.7 Å². The Morgan fingerprint density at radius 1 is 1.09 bits per heavy atom. The summed E-state index contributed by atoms with van der Waals surface area (Å²) in [5.41, 5.74) is 12.0. The second kappa shape index (κ2) is 10.4. The Kier molecular flexibility index (Phi) is 6.65. The molecule has 4 fully saturated rings. The molecule has 5 heterocycles. The number of amides is 1. The Morgan fingerprint density at radius 2 is 1.86 bits per heavy atom. The standard InChI is InChI=1S/C33H34N6O4/c1-37(31-22-16-24-18-33(34,17-22)19-38(24)31)36-30(41)21-12-10-20(11-13-21)15-26-27(32(42)43-2)39(23-7-4-3-5-8-23)29-25(28(26)40)9-6-14-35-29/h3-14,22,24,31H,15-19,34H2,1-2H3,(H,36,41). The molecule has 220 valence electrons. The van der Waals surface area contributed by atoms with E-state index < -0.39 is 5.97 Å². The summed E-state index contributed by atoms with van der Waals surface area (Å²) in [6.45, 7) is 0.873. The SMILES string of the molecule is COC(=O)c1c(Cc2ccc(C(=O)NN(C)C3C4CC5CC(N)(C4)CN53)cc2)c(=O)c2cccnc2n1-c1ccccc1. The average molecular weight is 579 g/mol. The third-order valence-electron chi connectivity index (χ3n) is 9.31. The number of piperidine rings is 1. The lowest BCUT2D eigenvalue weighted by Gasteiger charge is -2.43. The van der Waals surface area contributed by atoms with Crippen LogP contribution in [0.25, 0.3) is 16.7 Å². The Morgan fingerprint density at radius 3 is 2.58 bits per heavy atom. The highest BCUT2D eigenvalue weighted by atomic mass is 16.5. The van der Waals surface area contributed by atoms with Gasteiger partial charge < -0.3 is 10.5 Å². The monoisotopic (exact) mass is 578 g/mol. The van der Waals surface area contributed by atoms with Gasteiger partial charge in [-0.25, -0.2) is 14.8 Å². The molecular formula is C33H34N6O4. The van der Waals surface area contributed by atoms with Gasteiger partial charge in [0, 0.05) is 54.6 Å². The molecule has 1 amide bonds. The van der Waals surface area contributed by atoms with Crippen molar-refractivity contribution in [1.82, 2.24) is 24.9 Å². The minimum atomic E-state index is -0.631. The number of carbonyl (C=O) groups is 2. The minimum absolute atomic E-state index is 0.0790. The number of nitrogens with zero attached hydrogens (tertiary/aromatic N) is 4. The summed E-state index contributed by atoms with van der Waals surface area (Å²) in [4.78, 5) is 47.1. The van der Waals surface area contributed by atoms with Crippen LogP contribution in [0.5, 0.6) is 0 Å². The summed E-state index contributed by atoms with van der Waals surface area (Å²) in [6, 6.07) is 20.3. The van der Waals surface area contributed by atoms with Gasteiger partial charge in [0.15, 0.2) is 5.43 Å². The molecule has 0 radical (unpaired) electrons. The zero-order valence-electron chi connectivity index (χ0n) is 24.2. The van der Waals surface area contributed by atoms with Crippen molar-refractivity contribution in [3.05, 3.63) is 106 Å². The lowest BCUT2D eigenvalue weighted by atomic mass is 9.77. The molecule has 3 saturated heterocycles. The normalized spacial score (nSPS) is 25.4. The Balaban J connectivity index is 1.17. The number of nitrogens with one attached hydrogen (secondary N) is 1. The first kappa shape index (κ1) is 27.5. The number of esters is 1. The van der Waals surface area contributed by atoms with Crippen LogP contribution in [0.2, 0.25) is 0 Å². The van der Waals surface area contributed by atoms with E-state index in [9.17, 15) is 14.4 Å². The van der Waals surface area contributed by atoms with Crippen molar-refractivity contribution >= 4 is 22.9 Å². The van der Waals surface area contributed by atoms with E-state index in [1.807, 2.05) is 54.5 Å². The number of hydrazine groups is 1. The third kappa shape index (κ3) is 4.62. The zero-order valence-corrected chi connectivity index (χ0v) is 24.2. The van der Waals surface area contributed by atoms with Crippen LogP contribution in [0.1, 0.15) is 51.2 Å². The van der Waals surface area contributed by atoms with Crippen LogP contribution >= 0.6 is 0 Å². The van der Waals surface area contributed by atoms with Crippen molar-refractivity contribution < 1.29 is 14.3 Å². The summed E-state index contributed by atoms with van der Waals surface area (Å²) in [5.74, 6) is -0.382. The predicted octanol–water partition coefficient (Wildman–Crippen LogP) is 2.86. The fourth-order valence-electron chi connectivity index (χ4n) is 7.65. The molecule has 1 saturated carbocycles. The molecule has 5 unspecified atom stereocenters. The number of nitrogens with two attached hydrogens (primary N) is 1. The molecule has 10 nitrogen and oxygen atoms in total. The second-order valence-electron chi connectivity index (χ2n) is 12.1. The average Bonchev–Trinajstić information content (AvgIpc) is 3.40. The highest BCUT2D eigenvalue weighted by molar-refractivity contribution is 5.95. The molecule has 2 aromatic carbocycles. The first-order valence-corrected chi connectivity index (χ1v) is 14.6. The van der Waals surface area contributed by atoms with Crippen LogP contribution in [0.15, 0.2) is 77.7 Å². The van der Waals surface area contributed by atoms with E-state index in [1.54, 1.807) is 35.0 Å². The number of pyridine rings is 2. The van der Waals surface area contributed by atoms with Gasteiger partial charge in [0.2, 0.25) is 0 Å². The van der Waals surface area contributed by atoms with E-state index in [0.717, 1.165) is 31.4 Å². The molecule has 4 aliphatic rings.